The molecule has 0 amide bonds. The molecule has 0 atom stereocenters. The minimum Gasteiger partial charge on any atom is -0.384 e. The van der Waals surface area contributed by atoms with Gasteiger partial charge in [-0.15, -0.1) is 5.10 Å². The van der Waals surface area contributed by atoms with E-state index >= 15 is 4.39 Å². The monoisotopic (exact) mass is 502 g/mol. The number of hydrogen-bond donors (Lipinski definition) is 2. The number of nitrogens with one attached hydrogen (secondary N) is 1. The molecule has 0 saturated carbocycles. The molecule has 6 nitrogen and oxygen atoms in total. The Morgan fingerprint density at radius 1 is 1.14 bits per heavy atom. The van der Waals surface area contributed by atoms with Crippen molar-refractivity contribution in [2.24, 2.45) is 0 Å². The number of carbonyl (C=O) groups excluding carboxylic acids is 1. The minimum absolute atomic E-state index is 0.00606. The summed E-state index contributed by atoms with van der Waals surface area (Å²) in [6.07, 6.45) is 2.48. The maximum Gasteiger partial charge on any atom is 0.303 e. The van der Waals surface area contributed by atoms with Gasteiger partial charge >= 0.3 is 5.92 Å². The van der Waals surface area contributed by atoms with Crippen LogP contribution < -0.4 is 10.2 Å². The van der Waals surface area contributed by atoms with E-state index in [2.05, 4.69) is 15.5 Å². The smallest absolute Gasteiger partial charge is 0.303 e. The summed E-state index contributed by atoms with van der Waals surface area (Å²) in [5.41, 5.74) is -2.41. The number of rotatable bonds is 9. The van der Waals surface area contributed by atoms with Gasteiger partial charge in [-0.25, -0.2) is 4.39 Å². The molecular formula is C27H33F3N4O2. The number of halogens is 3. The van der Waals surface area contributed by atoms with Crippen LogP contribution in [-0.2, 0) is 22.7 Å². The molecule has 0 saturated heterocycles. The summed E-state index contributed by atoms with van der Waals surface area (Å²) in [5.74, 6) is -4.54. The standard InChI is InChI=1S/C27H33F3N4O2/c1-16(2)34(7)22-12-19-18(11-21(22)25(3,4)15-35)14-32-33-24(19)31-13-17-9-8-10-20(23(17)28)27(29,30)26(5,6)36/h8-12,14-16,36H,13H2,1-7H3,(H,31,33). The van der Waals surface area contributed by atoms with E-state index in [4.69, 9.17) is 0 Å². The van der Waals surface area contributed by atoms with Gasteiger partial charge in [0.2, 0.25) is 0 Å². The molecule has 3 rings (SSSR count). The molecule has 0 aliphatic carbocycles. The third-order valence-electron chi connectivity index (χ3n) is 6.55. The minimum atomic E-state index is -3.79. The van der Waals surface area contributed by atoms with Gasteiger partial charge in [-0.1, -0.05) is 12.1 Å². The lowest BCUT2D eigenvalue weighted by Crippen LogP contribution is -2.41. The van der Waals surface area contributed by atoms with Crippen LogP contribution in [0, 0.1) is 5.82 Å². The van der Waals surface area contributed by atoms with Gasteiger partial charge in [0, 0.05) is 47.1 Å². The number of alkyl halides is 2. The van der Waals surface area contributed by atoms with Gasteiger partial charge in [0.25, 0.3) is 0 Å². The topological polar surface area (TPSA) is 78.3 Å². The number of anilines is 2. The third kappa shape index (κ3) is 5.02. The highest BCUT2D eigenvalue weighted by molar-refractivity contribution is 5.96. The van der Waals surface area contributed by atoms with Gasteiger partial charge < -0.3 is 20.1 Å². The van der Waals surface area contributed by atoms with Crippen molar-refractivity contribution in [3.8, 4) is 0 Å². The van der Waals surface area contributed by atoms with E-state index in [9.17, 15) is 18.7 Å². The van der Waals surface area contributed by atoms with Crippen molar-refractivity contribution in [1.82, 2.24) is 10.2 Å². The number of aliphatic hydroxyl groups is 1. The van der Waals surface area contributed by atoms with Gasteiger partial charge in [0.1, 0.15) is 17.7 Å². The Kier molecular flexibility index (Phi) is 7.37. The number of fused-ring (bicyclic) bond motifs is 1. The van der Waals surface area contributed by atoms with Crippen LogP contribution in [0.3, 0.4) is 0 Å². The fourth-order valence-corrected chi connectivity index (χ4v) is 3.87. The van der Waals surface area contributed by atoms with E-state index in [1.807, 2.05) is 51.8 Å². The summed E-state index contributed by atoms with van der Waals surface area (Å²) in [4.78, 5) is 13.9. The van der Waals surface area contributed by atoms with Crippen molar-refractivity contribution < 1.29 is 23.1 Å². The van der Waals surface area contributed by atoms with Crippen molar-refractivity contribution in [2.75, 3.05) is 17.3 Å². The lowest BCUT2D eigenvalue weighted by Gasteiger charge is -2.31. The van der Waals surface area contributed by atoms with Crippen LogP contribution >= 0.6 is 0 Å². The van der Waals surface area contributed by atoms with E-state index in [1.165, 1.54) is 12.1 Å². The van der Waals surface area contributed by atoms with Crippen molar-refractivity contribution >= 4 is 28.6 Å². The lowest BCUT2D eigenvalue weighted by molar-refractivity contribution is -0.170. The molecule has 0 aliphatic rings. The van der Waals surface area contributed by atoms with E-state index < -0.39 is 28.3 Å². The lowest BCUT2D eigenvalue weighted by atomic mass is 9.83. The Balaban J connectivity index is 2.06. The molecule has 1 aromatic heterocycles. The van der Waals surface area contributed by atoms with Crippen molar-refractivity contribution in [3.05, 3.63) is 59.0 Å². The Bertz CT molecular complexity index is 1270. The quantitative estimate of drug-likeness (QED) is 0.373. The predicted octanol–water partition coefficient (Wildman–Crippen LogP) is 5.56. The molecule has 0 radical (unpaired) electrons. The summed E-state index contributed by atoms with van der Waals surface area (Å²) in [5, 5.41) is 22.5. The maximum atomic E-state index is 15.1. The molecule has 9 heteroatoms. The molecule has 0 bridgehead atoms. The Morgan fingerprint density at radius 2 is 1.81 bits per heavy atom. The molecule has 36 heavy (non-hydrogen) atoms. The number of carbonyl (C=O) groups is 1. The molecule has 194 valence electrons. The first-order valence-corrected chi connectivity index (χ1v) is 11.7. The molecule has 0 spiro atoms. The first-order valence-electron chi connectivity index (χ1n) is 11.7. The number of aromatic nitrogens is 2. The van der Waals surface area contributed by atoms with E-state index in [0.29, 0.717) is 11.2 Å². The van der Waals surface area contributed by atoms with Gasteiger partial charge in [0.15, 0.2) is 5.82 Å². The third-order valence-corrected chi connectivity index (χ3v) is 6.55. The second kappa shape index (κ2) is 9.69. The summed E-state index contributed by atoms with van der Waals surface area (Å²) in [7, 11) is 1.93. The maximum absolute atomic E-state index is 15.1. The Labute approximate surface area is 209 Å². The van der Waals surface area contributed by atoms with Crippen molar-refractivity contribution in [2.45, 2.75) is 71.1 Å². The van der Waals surface area contributed by atoms with E-state index in [0.717, 1.165) is 42.8 Å². The normalized spacial score (nSPS) is 12.8. The Morgan fingerprint density at radius 3 is 2.39 bits per heavy atom. The summed E-state index contributed by atoms with van der Waals surface area (Å²) in [6.45, 7) is 9.49. The summed E-state index contributed by atoms with van der Waals surface area (Å²) < 4.78 is 44.4. The number of aldehydes is 1. The molecule has 2 aromatic carbocycles. The van der Waals surface area contributed by atoms with Crippen LogP contribution in [0.5, 0.6) is 0 Å². The number of benzene rings is 2. The first kappa shape index (κ1) is 27.4. The SMILES string of the molecule is CC(C)N(C)c1cc2c(NCc3cccc(C(F)(F)C(C)(C)O)c3F)nncc2cc1C(C)(C)C=O. The zero-order valence-electron chi connectivity index (χ0n) is 21.7. The highest BCUT2D eigenvalue weighted by Gasteiger charge is 2.49. The van der Waals surface area contributed by atoms with Gasteiger partial charge in [-0.2, -0.15) is 13.9 Å². The van der Waals surface area contributed by atoms with Crippen LogP contribution in [0.15, 0.2) is 36.5 Å². The second-order valence-corrected chi connectivity index (χ2v) is 10.5. The first-order chi connectivity index (χ1) is 16.6. The molecular weight excluding hydrogens is 469 g/mol. The highest BCUT2D eigenvalue weighted by atomic mass is 19.3. The fraction of sp³-hybridized carbons (Fsp3) is 0.444. The van der Waals surface area contributed by atoms with E-state index in [-0.39, 0.29) is 18.2 Å². The fourth-order valence-electron chi connectivity index (χ4n) is 3.87. The zero-order chi connectivity index (χ0) is 27.1. The molecule has 0 unspecified atom stereocenters. The second-order valence-electron chi connectivity index (χ2n) is 10.5. The van der Waals surface area contributed by atoms with Crippen LogP contribution in [0.1, 0.15) is 58.2 Å². The average molecular weight is 503 g/mol. The van der Waals surface area contributed by atoms with Crippen LogP contribution in [-0.4, -0.2) is 40.3 Å². The van der Waals surface area contributed by atoms with Crippen LogP contribution in [0.2, 0.25) is 0 Å². The van der Waals surface area contributed by atoms with Crippen molar-refractivity contribution in [1.29, 1.82) is 0 Å². The number of hydrogen-bond acceptors (Lipinski definition) is 6. The van der Waals surface area contributed by atoms with Crippen LogP contribution in [0.25, 0.3) is 10.8 Å². The highest BCUT2D eigenvalue weighted by Crippen LogP contribution is 2.41. The van der Waals surface area contributed by atoms with Gasteiger partial charge in [0.05, 0.1) is 11.8 Å². The van der Waals surface area contributed by atoms with Gasteiger partial charge in [-0.05, 0) is 65.3 Å². The van der Waals surface area contributed by atoms with Crippen LogP contribution in [0.4, 0.5) is 24.7 Å². The van der Waals surface area contributed by atoms with Gasteiger partial charge in [-0.3, -0.25) is 0 Å². The zero-order valence-corrected chi connectivity index (χ0v) is 21.7. The molecule has 0 fully saturated rings. The molecule has 2 N–H and O–H groups in total. The summed E-state index contributed by atoms with van der Waals surface area (Å²) >= 11 is 0. The molecule has 3 aromatic rings. The Hall–Kier alpha value is -3.20. The number of nitrogens with zero attached hydrogens (tertiary/aromatic N) is 3. The predicted molar refractivity (Wildman–Crippen MR) is 136 cm³/mol. The summed E-state index contributed by atoms with van der Waals surface area (Å²) in [6, 6.07) is 7.63. The van der Waals surface area contributed by atoms with Crippen molar-refractivity contribution in [3.63, 3.8) is 0 Å². The average Bonchev–Trinajstić information content (AvgIpc) is 2.81. The molecule has 0 aliphatic heterocycles. The largest absolute Gasteiger partial charge is 0.384 e. The van der Waals surface area contributed by atoms with E-state index in [1.54, 1.807) is 6.20 Å². The molecule has 1 heterocycles.